The van der Waals surface area contributed by atoms with Crippen LogP contribution in [0.3, 0.4) is 0 Å². The van der Waals surface area contributed by atoms with Gasteiger partial charge >= 0.3 is 11.8 Å². The lowest BCUT2D eigenvalue weighted by Gasteiger charge is -2.37. The van der Waals surface area contributed by atoms with Crippen molar-refractivity contribution in [2.24, 2.45) is 0 Å². The Morgan fingerprint density at radius 1 is 1.12 bits per heavy atom. The molecular formula is C25H29ClFN3O4. The summed E-state index contributed by atoms with van der Waals surface area (Å²) >= 11 is 6.51. The van der Waals surface area contributed by atoms with Crippen LogP contribution in [0.4, 0.5) is 4.39 Å². The predicted molar refractivity (Wildman–Crippen MR) is 124 cm³/mol. The van der Waals surface area contributed by atoms with Crippen molar-refractivity contribution < 1.29 is 28.3 Å². The summed E-state index contributed by atoms with van der Waals surface area (Å²) in [4.78, 5) is 12.5. The SMILES string of the molecule is CCOC(=O)CC([O-])(OCC)c1n(C(C)(C)C)nc(-c2ccccc2Cl)[n+]1-c1ccc(F)cc1. The lowest BCUT2D eigenvalue weighted by atomic mass is 10.1. The van der Waals surface area contributed by atoms with Crippen LogP contribution in [0, 0.1) is 5.82 Å². The number of ether oxygens (including phenoxy) is 2. The smallest absolute Gasteiger partial charge is 0.315 e. The van der Waals surface area contributed by atoms with Crippen molar-refractivity contribution in [1.82, 2.24) is 9.78 Å². The molecule has 0 amide bonds. The normalized spacial score (nSPS) is 13.5. The number of benzene rings is 2. The summed E-state index contributed by atoms with van der Waals surface area (Å²) in [5.41, 5.74) is 0.344. The monoisotopic (exact) mass is 489 g/mol. The number of nitrogens with zero attached hydrogens (tertiary/aromatic N) is 3. The number of carbonyl (C=O) groups is 1. The van der Waals surface area contributed by atoms with Crippen LogP contribution in [0.2, 0.25) is 5.02 Å². The Kier molecular flexibility index (Phi) is 7.75. The fraction of sp³-hybridized carbons (Fsp3) is 0.400. The van der Waals surface area contributed by atoms with Crippen LogP contribution in [0.25, 0.3) is 17.1 Å². The highest BCUT2D eigenvalue weighted by Gasteiger charge is 2.44. The van der Waals surface area contributed by atoms with Crippen molar-refractivity contribution in [2.45, 2.75) is 52.4 Å². The van der Waals surface area contributed by atoms with E-state index in [2.05, 4.69) is 0 Å². The maximum atomic E-state index is 14.3. The fourth-order valence-electron chi connectivity index (χ4n) is 3.66. The molecule has 1 heterocycles. The molecule has 0 bridgehead atoms. The topological polar surface area (TPSA) is 80.3 Å². The molecule has 3 aromatic rings. The molecule has 182 valence electrons. The van der Waals surface area contributed by atoms with Crippen molar-refractivity contribution in [3.8, 4) is 17.1 Å². The maximum Gasteiger partial charge on any atom is 0.315 e. The van der Waals surface area contributed by atoms with Crippen molar-refractivity contribution in [3.05, 3.63) is 65.2 Å². The Morgan fingerprint density at radius 3 is 2.32 bits per heavy atom. The van der Waals surface area contributed by atoms with Gasteiger partial charge in [0, 0.05) is 11.7 Å². The van der Waals surface area contributed by atoms with Crippen molar-refractivity contribution >= 4 is 17.6 Å². The molecule has 3 rings (SSSR count). The van der Waals surface area contributed by atoms with Crippen LogP contribution >= 0.6 is 11.6 Å². The molecule has 0 saturated carbocycles. The second kappa shape index (κ2) is 10.2. The summed E-state index contributed by atoms with van der Waals surface area (Å²) in [6.07, 6.45) is -0.584. The van der Waals surface area contributed by atoms with Crippen molar-refractivity contribution in [2.75, 3.05) is 13.2 Å². The minimum Gasteiger partial charge on any atom is -0.820 e. The van der Waals surface area contributed by atoms with Gasteiger partial charge in [-0.15, -0.1) is 4.68 Å². The van der Waals surface area contributed by atoms with E-state index in [-0.39, 0.29) is 19.0 Å². The van der Waals surface area contributed by atoms with Gasteiger partial charge in [0.1, 0.15) is 17.0 Å². The van der Waals surface area contributed by atoms with Gasteiger partial charge in [0.15, 0.2) is 0 Å². The number of esters is 1. The van der Waals surface area contributed by atoms with Gasteiger partial charge in [0.2, 0.25) is 0 Å². The van der Waals surface area contributed by atoms with E-state index in [0.29, 0.717) is 22.1 Å². The molecule has 1 aromatic heterocycles. The number of halogens is 2. The number of aromatic nitrogens is 3. The van der Waals surface area contributed by atoms with Gasteiger partial charge in [-0.1, -0.05) is 23.7 Å². The van der Waals surface area contributed by atoms with E-state index in [0.717, 1.165) is 0 Å². The highest BCUT2D eigenvalue weighted by atomic mass is 35.5. The molecule has 2 aromatic carbocycles. The highest BCUT2D eigenvalue weighted by Crippen LogP contribution is 2.32. The molecule has 0 fully saturated rings. The standard InChI is InChI=1S/C25H29ClFN3O4/c1-6-33-21(31)16-25(32,34-7-2)23-29(18-14-12-17(27)13-15-18)22(28-30(23)24(3,4)5)19-10-8-9-11-20(19)26/h8-15H,6-7,16H2,1-5H3. The Hall–Kier alpha value is -2.81. The third-order valence-electron chi connectivity index (χ3n) is 5.05. The zero-order chi connectivity index (χ0) is 25.1. The summed E-state index contributed by atoms with van der Waals surface area (Å²) in [6, 6.07) is 12.7. The van der Waals surface area contributed by atoms with E-state index >= 15 is 0 Å². The zero-order valence-corrected chi connectivity index (χ0v) is 20.7. The van der Waals surface area contributed by atoms with E-state index in [9.17, 15) is 14.3 Å². The molecular weight excluding hydrogens is 461 g/mol. The second-order valence-corrected chi connectivity index (χ2v) is 9.10. The quantitative estimate of drug-likeness (QED) is 0.272. The largest absolute Gasteiger partial charge is 0.820 e. The molecule has 7 nitrogen and oxygen atoms in total. The first kappa shape index (κ1) is 25.8. The molecule has 0 radical (unpaired) electrons. The first-order valence-electron chi connectivity index (χ1n) is 11.1. The average molecular weight is 490 g/mol. The number of hydrogen-bond donors (Lipinski definition) is 0. The van der Waals surface area contributed by atoms with Gasteiger partial charge < -0.3 is 14.6 Å². The van der Waals surface area contributed by atoms with Crippen LogP contribution in [0.5, 0.6) is 0 Å². The second-order valence-electron chi connectivity index (χ2n) is 8.69. The van der Waals surface area contributed by atoms with Gasteiger partial charge in [-0.3, -0.25) is 4.79 Å². The zero-order valence-electron chi connectivity index (χ0n) is 20.0. The molecule has 9 heteroatoms. The van der Waals surface area contributed by atoms with Gasteiger partial charge in [-0.05, 0) is 71.0 Å². The summed E-state index contributed by atoms with van der Waals surface area (Å²) < 4.78 is 27.7. The Balaban J connectivity index is 2.44. The van der Waals surface area contributed by atoms with Crippen molar-refractivity contribution in [1.29, 1.82) is 0 Å². The molecule has 0 aliphatic rings. The Bertz CT molecular complexity index is 1160. The molecule has 0 aliphatic carbocycles. The van der Waals surface area contributed by atoms with Gasteiger partial charge in [-0.25, -0.2) is 4.39 Å². The molecule has 0 saturated heterocycles. The fourth-order valence-corrected chi connectivity index (χ4v) is 3.88. The lowest BCUT2D eigenvalue weighted by molar-refractivity contribution is -0.664. The number of rotatable bonds is 8. The third-order valence-corrected chi connectivity index (χ3v) is 5.38. The van der Waals surface area contributed by atoms with Gasteiger partial charge in [0.05, 0.1) is 29.4 Å². The highest BCUT2D eigenvalue weighted by molar-refractivity contribution is 6.33. The van der Waals surface area contributed by atoms with E-state index in [1.54, 1.807) is 42.7 Å². The average Bonchev–Trinajstić information content (AvgIpc) is 3.17. The Labute approximate surface area is 203 Å². The van der Waals surface area contributed by atoms with Gasteiger partial charge in [0.25, 0.3) is 5.82 Å². The number of hydrogen-bond acceptors (Lipinski definition) is 5. The van der Waals surface area contributed by atoms with Crippen LogP contribution in [0.15, 0.2) is 48.5 Å². The summed E-state index contributed by atoms with van der Waals surface area (Å²) in [7, 11) is 0. The molecule has 0 N–H and O–H groups in total. The van der Waals surface area contributed by atoms with Crippen LogP contribution < -0.4 is 9.67 Å². The Morgan fingerprint density at radius 2 is 1.76 bits per heavy atom. The van der Waals surface area contributed by atoms with E-state index < -0.39 is 29.5 Å². The number of carbonyl (C=O) groups excluding carboxylic acids is 1. The molecule has 0 spiro atoms. The predicted octanol–water partition coefficient (Wildman–Crippen LogP) is 3.88. The summed E-state index contributed by atoms with van der Waals surface area (Å²) in [6.45, 7) is 9.15. The third kappa shape index (κ3) is 5.29. The first-order valence-corrected chi connectivity index (χ1v) is 11.5. The van der Waals surface area contributed by atoms with E-state index in [1.165, 1.54) is 28.9 Å². The maximum absolute atomic E-state index is 14.3. The van der Waals surface area contributed by atoms with Gasteiger partial charge in [-0.2, -0.15) is 4.57 Å². The van der Waals surface area contributed by atoms with Crippen LogP contribution in [-0.2, 0) is 25.6 Å². The molecule has 1 unspecified atom stereocenters. The molecule has 0 aliphatic heterocycles. The lowest BCUT2D eigenvalue weighted by Crippen LogP contribution is -2.56. The molecule has 34 heavy (non-hydrogen) atoms. The van der Waals surface area contributed by atoms with Crippen LogP contribution in [0.1, 0.15) is 46.9 Å². The minimum atomic E-state index is -2.35. The molecule has 1 atom stereocenters. The van der Waals surface area contributed by atoms with Crippen LogP contribution in [-0.4, -0.2) is 29.0 Å². The first-order chi connectivity index (χ1) is 16.0. The van der Waals surface area contributed by atoms with Crippen molar-refractivity contribution in [3.63, 3.8) is 0 Å². The summed E-state index contributed by atoms with van der Waals surface area (Å²) in [5, 5.41) is 19.5. The van der Waals surface area contributed by atoms with E-state index in [1.807, 2.05) is 20.8 Å². The van der Waals surface area contributed by atoms with E-state index in [4.69, 9.17) is 26.2 Å². The summed E-state index contributed by atoms with van der Waals surface area (Å²) in [5.74, 6) is -3.06. The minimum absolute atomic E-state index is 0.0447.